The molecular weight excluding hydrogens is 364 g/mol. The van der Waals surface area contributed by atoms with E-state index in [2.05, 4.69) is 41.8 Å². The van der Waals surface area contributed by atoms with Gasteiger partial charge in [0.25, 0.3) is 0 Å². The molecule has 2 nitrogen and oxygen atoms in total. The van der Waals surface area contributed by atoms with Gasteiger partial charge in [-0.05, 0) is 36.8 Å². The number of hydrogen-bond acceptors (Lipinski definition) is 2. The molecule has 3 atom stereocenters. The molecule has 126 valence electrons. The average Bonchev–Trinajstić information content (AvgIpc) is 3.05. The summed E-state index contributed by atoms with van der Waals surface area (Å²) in [5, 5.41) is 0. The van der Waals surface area contributed by atoms with Crippen molar-refractivity contribution >= 4 is 28.0 Å². The van der Waals surface area contributed by atoms with Gasteiger partial charge in [0.1, 0.15) is 0 Å². The highest BCUT2D eigenvalue weighted by Gasteiger charge is 2.61. The third-order valence-electron chi connectivity index (χ3n) is 4.42. The lowest BCUT2D eigenvalue weighted by molar-refractivity contribution is -0.147. The highest BCUT2D eigenvalue weighted by Crippen LogP contribution is 2.60. The van der Waals surface area contributed by atoms with E-state index in [0.717, 1.165) is 5.56 Å². The zero-order chi connectivity index (χ0) is 17.9. The van der Waals surface area contributed by atoms with E-state index < -0.39 is 6.10 Å². The van der Waals surface area contributed by atoms with E-state index >= 15 is 0 Å². The number of carbonyl (C=O) groups is 1. The zero-order valence-electron chi connectivity index (χ0n) is 14.5. The van der Waals surface area contributed by atoms with E-state index in [0.29, 0.717) is 4.48 Å². The Morgan fingerprint density at radius 3 is 2.50 bits per heavy atom. The summed E-state index contributed by atoms with van der Waals surface area (Å²) in [6.07, 6.45) is 8.89. The molecular formula is C21H23BrO2. The third kappa shape index (κ3) is 4.19. The Morgan fingerprint density at radius 2 is 1.96 bits per heavy atom. The largest absolute Gasteiger partial charge is 0.443 e. The van der Waals surface area contributed by atoms with E-state index in [9.17, 15) is 4.79 Å². The standard InChI is InChI=1S/C21H23BrO2/c1-6-18(17(22)13-15-10-8-7-9-11-15)24-20(23)19-16(12-14(2)3)21(19,4)5/h1,7-13,16,18-19H,2-5H3. The summed E-state index contributed by atoms with van der Waals surface area (Å²) in [7, 11) is 0. The molecule has 3 unspecified atom stereocenters. The molecule has 24 heavy (non-hydrogen) atoms. The van der Waals surface area contributed by atoms with Gasteiger partial charge in [0.15, 0.2) is 6.10 Å². The normalized spacial score (nSPS) is 22.9. The number of halogens is 1. The van der Waals surface area contributed by atoms with Gasteiger partial charge in [0.05, 0.1) is 5.92 Å². The van der Waals surface area contributed by atoms with E-state index in [-0.39, 0.29) is 23.2 Å². The Kier molecular flexibility index (Phi) is 5.72. The van der Waals surface area contributed by atoms with Crippen LogP contribution in [0.1, 0.15) is 33.3 Å². The molecule has 1 fully saturated rings. The third-order valence-corrected chi connectivity index (χ3v) is 5.06. The Bertz CT molecular complexity index is 703. The Hall–Kier alpha value is -1.79. The van der Waals surface area contributed by atoms with Crippen LogP contribution in [0.4, 0.5) is 0 Å². The molecule has 1 aromatic carbocycles. The van der Waals surface area contributed by atoms with Crippen molar-refractivity contribution in [1.82, 2.24) is 0 Å². The quantitative estimate of drug-likeness (QED) is 0.394. The van der Waals surface area contributed by atoms with E-state index in [4.69, 9.17) is 11.2 Å². The highest BCUT2D eigenvalue weighted by molar-refractivity contribution is 9.11. The number of terminal acetylenes is 1. The molecule has 0 aliphatic heterocycles. The van der Waals surface area contributed by atoms with Gasteiger partial charge in [-0.1, -0.05) is 77.7 Å². The maximum atomic E-state index is 12.5. The van der Waals surface area contributed by atoms with Crippen LogP contribution in [-0.4, -0.2) is 12.1 Å². The summed E-state index contributed by atoms with van der Waals surface area (Å²) >= 11 is 3.45. The molecule has 0 radical (unpaired) electrons. The van der Waals surface area contributed by atoms with Crippen molar-refractivity contribution in [2.24, 2.45) is 17.3 Å². The Morgan fingerprint density at radius 1 is 1.33 bits per heavy atom. The highest BCUT2D eigenvalue weighted by atomic mass is 79.9. The molecule has 0 amide bonds. The summed E-state index contributed by atoms with van der Waals surface area (Å²) in [4.78, 5) is 12.5. The summed E-state index contributed by atoms with van der Waals surface area (Å²) < 4.78 is 6.25. The second-order valence-corrected chi connectivity index (χ2v) is 7.91. The molecule has 1 aliphatic rings. The van der Waals surface area contributed by atoms with Crippen molar-refractivity contribution in [3.8, 4) is 12.3 Å². The second kappa shape index (κ2) is 7.40. The fraction of sp³-hybridized carbons (Fsp3) is 0.381. The second-order valence-electron chi connectivity index (χ2n) is 6.99. The summed E-state index contributed by atoms with van der Waals surface area (Å²) in [6.45, 7) is 8.26. The first-order chi connectivity index (χ1) is 11.3. The van der Waals surface area contributed by atoms with Gasteiger partial charge in [-0.2, -0.15) is 0 Å². The molecule has 0 spiro atoms. The van der Waals surface area contributed by atoms with Gasteiger partial charge >= 0.3 is 5.97 Å². The number of hydrogen-bond donors (Lipinski definition) is 0. The van der Waals surface area contributed by atoms with Gasteiger partial charge in [-0.25, -0.2) is 0 Å². The SMILES string of the molecule is C#CC(OC(=O)C1C(C=C(C)C)C1(C)C)C(Br)=Cc1ccccc1. The molecule has 1 aromatic rings. The molecule has 0 N–H and O–H groups in total. The van der Waals surface area contributed by atoms with Crippen molar-refractivity contribution in [2.75, 3.05) is 0 Å². The maximum absolute atomic E-state index is 12.5. The average molecular weight is 387 g/mol. The van der Waals surface area contributed by atoms with Crippen LogP contribution in [0.15, 0.2) is 46.5 Å². The van der Waals surface area contributed by atoms with Crippen molar-refractivity contribution in [1.29, 1.82) is 0 Å². The number of rotatable bonds is 5. The van der Waals surface area contributed by atoms with Gasteiger partial charge in [-0.15, -0.1) is 6.42 Å². The van der Waals surface area contributed by atoms with Gasteiger partial charge in [-0.3, -0.25) is 4.79 Å². The molecule has 3 heteroatoms. The Balaban J connectivity index is 2.09. The predicted octanol–water partition coefficient (Wildman–Crippen LogP) is 5.21. The lowest BCUT2D eigenvalue weighted by Gasteiger charge is -2.13. The van der Waals surface area contributed by atoms with Crippen LogP contribution in [0, 0.1) is 29.6 Å². The maximum Gasteiger partial charge on any atom is 0.311 e. The topological polar surface area (TPSA) is 26.3 Å². The zero-order valence-corrected chi connectivity index (χ0v) is 16.1. The molecule has 2 rings (SSSR count). The molecule has 1 aliphatic carbocycles. The van der Waals surface area contributed by atoms with Crippen LogP contribution in [0.2, 0.25) is 0 Å². The molecule has 0 aromatic heterocycles. The number of ether oxygens (including phenoxy) is 1. The van der Waals surface area contributed by atoms with Crippen LogP contribution >= 0.6 is 15.9 Å². The first-order valence-corrected chi connectivity index (χ1v) is 8.80. The molecule has 0 bridgehead atoms. The molecule has 0 heterocycles. The van der Waals surface area contributed by atoms with Gasteiger partial charge < -0.3 is 4.74 Å². The van der Waals surface area contributed by atoms with Crippen LogP contribution < -0.4 is 0 Å². The van der Waals surface area contributed by atoms with Crippen LogP contribution in [0.25, 0.3) is 6.08 Å². The summed E-state index contributed by atoms with van der Waals surface area (Å²) in [6, 6.07) is 9.76. The minimum Gasteiger partial charge on any atom is -0.443 e. The number of esters is 1. The van der Waals surface area contributed by atoms with Gasteiger partial charge in [0.2, 0.25) is 0 Å². The van der Waals surface area contributed by atoms with Crippen molar-refractivity contribution in [3.05, 3.63) is 52.0 Å². The number of allylic oxidation sites excluding steroid dienone is 2. The van der Waals surface area contributed by atoms with Crippen molar-refractivity contribution in [3.63, 3.8) is 0 Å². The fourth-order valence-corrected chi connectivity index (χ4v) is 3.43. The van der Waals surface area contributed by atoms with Crippen molar-refractivity contribution < 1.29 is 9.53 Å². The minimum atomic E-state index is -0.707. The smallest absolute Gasteiger partial charge is 0.311 e. The first-order valence-electron chi connectivity index (χ1n) is 8.01. The van der Waals surface area contributed by atoms with Crippen molar-refractivity contribution in [2.45, 2.75) is 33.8 Å². The van der Waals surface area contributed by atoms with E-state index in [1.54, 1.807) is 0 Å². The lowest BCUT2D eigenvalue weighted by Crippen LogP contribution is -2.19. The fourth-order valence-electron chi connectivity index (χ4n) is 2.94. The monoisotopic (exact) mass is 386 g/mol. The first kappa shape index (κ1) is 18.5. The number of benzene rings is 1. The molecule has 1 saturated carbocycles. The van der Waals surface area contributed by atoms with Crippen LogP contribution in [0.5, 0.6) is 0 Å². The summed E-state index contributed by atoms with van der Waals surface area (Å²) in [5.74, 6) is 2.39. The summed E-state index contributed by atoms with van der Waals surface area (Å²) in [5.41, 5.74) is 2.13. The minimum absolute atomic E-state index is 0.0802. The Labute approximate surface area is 153 Å². The number of carbonyl (C=O) groups excluding carboxylic acids is 1. The predicted molar refractivity (Wildman–Crippen MR) is 102 cm³/mol. The molecule has 0 saturated heterocycles. The van der Waals surface area contributed by atoms with Gasteiger partial charge in [0, 0.05) is 4.48 Å². The van der Waals surface area contributed by atoms with Crippen LogP contribution in [0.3, 0.4) is 0 Å². The van der Waals surface area contributed by atoms with E-state index in [1.165, 1.54) is 5.57 Å². The lowest BCUT2D eigenvalue weighted by atomic mass is 10.1. The van der Waals surface area contributed by atoms with E-state index in [1.807, 2.05) is 50.3 Å². The van der Waals surface area contributed by atoms with Crippen LogP contribution in [-0.2, 0) is 9.53 Å².